The van der Waals surface area contributed by atoms with Crippen LogP contribution in [0.4, 0.5) is 0 Å². The molecule has 1 amide bonds. The van der Waals surface area contributed by atoms with Gasteiger partial charge in [0.2, 0.25) is 5.91 Å². The molecule has 0 spiro atoms. The molecule has 150 valence electrons. The van der Waals surface area contributed by atoms with E-state index in [9.17, 15) is 4.79 Å². The van der Waals surface area contributed by atoms with Crippen LogP contribution in [0.3, 0.4) is 0 Å². The molecule has 0 aromatic heterocycles. The summed E-state index contributed by atoms with van der Waals surface area (Å²) in [6, 6.07) is 15.4. The molecule has 2 aromatic carbocycles. The maximum absolute atomic E-state index is 12.9. The smallest absolute Gasteiger partial charge is 0.223 e. The lowest BCUT2D eigenvalue weighted by Crippen LogP contribution is -2.41. The highest BCUT2D eigenvalue weighted by Gasteiger charge is 2.26. The molecule has 3 nitrogen and oxygen atoms in total. The highest BCUT2D eigenvalue weighted by atomic mass is 16.1. The van der Waals surface area contributed by atoms with Gasteiger partial charge < -0.3 is 5.32 Å². The molecular formula is C25H34N2O. The predicted molar refractivity (Wildman–Crippen MR) is 116 cm³/mol. The van der Waals surface area contributed by atoms with Crippen LogP contribution in [0, 0.1) is 26.7 Å². The fourth-order valence-electron chi connectivity index (χ4n) is 4.00. The van der Waals surface area contributed by atoms with Gasteiger partial charge in [0.25, 0.3) is 0 Å². The summed E-state index contributed by atoms with van der Waals surface area (Å²) in [5, 5.41) is 3.31. The van der Waals surface area contributed by atoms with Gasteiger partial charge in [0.15, 0.2) is 0 Å². The first-order chi connectivity index (χ1) is 13.5. The molecule has 1 N–H and O–H groups in total. The van der Waals surface area contributed by atoms with Crippen LogP contribution in [0.15, 0.2) is 42.5 Å². The van der Waals surface area contributed by atoms with Crippen LogP contribution in [0.1, 0.15) is 60.0 Å². The summed E-state index contributed by atoms with van der Waals surface area (Å²) in [6.07, 6.45) is 2.81. The van der Waals surface area contributed by atoms with E-state index in [4.69, 9.17) is 0 Å². The highest BCUT2D eigenvalue weighted by molar-refractivity contribution is 5.79. The second kappa shape index (κ2) is 9.38. The van der Waals surface area contributed by atoms with Crippen molar-refractivity contribution in [1.82, 2.24) is 10.2 Å². The molecular weight excluding hydrogens is 344 g/mol. The Morgan fingerprint density at radius 3 is 2.32 bits per heavy atom. The SMILES string of the molecule is CCC(NC(=O)C1CCN(Cc2ccc(C)cc2)CC1)c1ccc(C)c(C)c1. The van der Waals surface area contributed by atoms with Crippen molar-refractivity contribution in [2.45, 2.75) is 59.5 Å². The number of carbonyl (C=O) groups excluding carboxylic acids is 1. The van der Waals surface area contributed by atoms with Gasteiger partial charge in [-0.1, -0.05) is 55.0 Å². The largest absolute Gasteiger partial charge is 0.349 e. The lowest BCUT2D eigenvalue weighted by Gasteiger charge is -2.32. The average molecular weight is 379 g/mol. The van der Waals surface area contributed by atoms with Crippen molar-refractivity contribution in [1.29, 1.82) is 0 Å². The van der Waals surface area contributed by atoms with Gasteiger partial charge in [-0.3, -0.25) is 9.69 Å². The van der Waals surface area contributed by atoms with E-state index in [1.807, 2.05) is 0 Å². The summed E-state index contributed by atoms with van der Waals surface area (Å²) in [7, 11) is 0. The Kier molecular flexibility index (Phi) is 6.90. The Hall–Kier alpha value is -2.13. The zero-order chi connectivity index (χ0) is 20.1. The third kappa shape index (κ3) is 5.23. The van der Waals surface area contributed by atoms with E-state index in [-0.39, 0.29) is 17.9 Å². The third-order valence-electron chi connectivity index (χ3n) is 6.14. The van der Waals surface area contributed by atoms with Crippen molar-refractivity contribution in [3.8, 4) is 0 Å². The lowest BCUT2D eigenvalue weighted by molar-refractivity contribution is -0.127. The number of hydrogen-bond donors (Lipinski definition) is 1. The predicted octanol–water partition coefficient (Wildman–Crippen LogP) is 5.09. The molecule has 1 unspecified atom stereocenters. The van der Waals surface area contributed by atoms with Crippen LogP contribution in [0.25, 0.3) is 0 Å². The Morgan fingerprint density at radius 1 is 1.04 bits per heavy atom. The van der Waals surface area contributed by atoms with Crippen LogP contribution in [0.5, 0.6) is 0 Å². The second-order valence-corrected chi connectivity index (χ2v) is 8.35. The summed E-state index contributed by atoms with van der Waals surface area (Å²) < 4.78 is 0. The lowest BCUT2D eigenvalue weighted by atomic mass is 9.94. The summed E-state index contributed by atoms with van der Waals surface area (Å²) in [5.41, 5.74) is 6.46. The zero-order valence-electron chi connectivity index (χ0n) is 17.8. The Morgan fingerprint density at radius 2 is 1.71 bits per heavy atom. The molecule has 0 bridgehead atoms. The number of hydrogen-bond acceptors (Lipinski definition) is 2. The van der Waals surface area contributed by atoms with E-state index in [1.165, 1.54) is 27.8 Å². The molecule has 1 fully saturated rings. The minimum absolute atomic E-state index is 0.109. The fraction of sp³-hybridized carbons (Fsp3) is 0.480. The van der Waals surface area contributed by atoms with Gasteiger partial charge in [-0.15, -0.1) is 0 Å². The van der Waals surface area contributed by atoms with Crippen molar-refractivity contribution in [2.24, 2.45) is 5.92 Å². The number of nitrogens with one attached hydrogen (secondary N) is 1. The monoisotopic (exact) mass is 378 g/mol. The van der Waals surface area contributed by atoms with E-state index in [0.717, 1.165) is 38.9 Å². The molecule has 0 radical (unpaired) electrons. The first kappa shape index (κ1) is 20.6. The summed E-state index contributed by atoms with van der Waals surface area (Å²) >= 11 is 0. The second-order valence-electron chi connectivity index (χ2n) is 8.35. The number of amides is 1. The normalized spacial score (nSPS) is 16.7. The van der Waals surface area contributed by atoms with Crippen molar-refractivity contribution in [3.05, 3.63) is 70.3 Å². The van der Waals surface area contributed by atoms with Crippen LogP contribution in [-0.2, 0) is 11.3 Å². The van der Waals surface area contributed by atoms with Crippen molar-refractivity contribution in [3.63, 3.8) is 0 Å². The number of carbonyl (C=O) groups is 1. The van der Waals surface area contributed by atoms with Gasteiger partial charge >= 0.3 is 0 Å². The van der Waals surface area contributed by atoms with Gasteiger partial charge in [-0.2, -0.15) is 0 Å². The van der Waals surface area contributed by atoms with Crippen molar-refractivity contribution < 1.29 is 4.79 Å². The molecule has 3 heteroatoms. The topological polar surface area (TPSA) is 32.3 Å². The molecule has 1 heterocycles. The quantitative estimate of drug-likeness (QED) is 0.759. The van der Waals surface area contributed by atoms with Crippen molar-refractivity contribution >= 4 is 5.91 Å². The number of benzene rings is 2. The minimum Gasteiger partial charge on any atom is -0.349 e. The van der Waals surface area contributed by atoms with E-state index < -0.39 is 0 Å². The Balaban J connectivity index is 1.52. The summed E-state index contributed by atoms with van der Waals surface area (Å²) in [5.74, 6) is 0.356. The van der Waals surface area contributed by atoms with Crippen LogP contribution in [0.2, 0.25) is 0 Å². The molecule has 2 aromatic rings. The number of piperidine rings is 1. The number of rotatable bonds is 6. The van der Waals surface area contributed by atoms with Crippen LogP contribution >= 0.6 is 0 Å². The molecule has 0 aliphatic carbocycles. The summed E-state index contributed by atoms with van der Waals surface area (Å²) in [6.45, 7) is 11.5. The van der Waals surface area contributed by atoms with Gasteiger partial charge in [-0.05, 0) is 75.4 Å². The third-order valence-corrected chi connectivity index (χ3v) is 6.14. The Labute approximate surface area is 170 Å². The minimum atomic E-state index is 0.109. The van der Waals surface area contributed by atoms with E-state index in [2.05, 4.69) is 80.4 Å². The molecule has 3 rings (SSSR count). The number of aryl methyl sites for hydroxylation is 3. The van der Waals surface area contributed by atoms with Gasteiger partial charge in [0, 0.05) is 12.5 Å². The zero-order valence-corrected chi connectivity index (χ0v) is 17.8. The molecule has 1 atom stereocenters. The number of nitrogens with zero attached hydrogens (tertiary/aromatic N) is 1. The standard InChI is InChI=1S/C25H34N2O/c1-5-24(23-11-8-19(3)20(4)16-23)26-25(28)22-12-14-27(15-13-22)17-21-9-6-18(2)7-10-21/h6-11,16,22,24H,5,12-15,17H2,1-4H3,(H,26,28). The molecule has 0 saturated carbocycles. The maximum atomic E-state index is 12.9. The van der Waals surface area contributed by atoms with Crippen molar-refractivity contribution in [2.75, 3.05) is 13.1 Å². The Bertz CT molecular complexity index is 789. The maximum Gasteiger partial charge on any atom is 0.223 e. The first-order valence-corrected chi connectivity index (χ1v) is 10.6. The first-order valence-electron chi connectivity index (χ1n) is 10.6. The van der Waals surface area contributed by atoms with E-state index in [1.54, 1.807) is 0 Å². The highest BCUT2D eigenvalue weighted by Crippen LogP contribution is 2.23. The van der Waals surface area contributed by atoms with Crippen LogP contribution in [-0.4, -0.2) is 23.9 Å². The van der Waals surface area contributed by atoms with Gasteiger partial charge in [0.1, 0.15) is 0 Å². The summed E-state index contributed by atoms with van der Waals surface area (Å²) in [4.78, 5) is 15.3. The van der Waals surface area contributed by atoms with E-state index >= 15 is 0 Å². The van der Waals surface area contributed by atoms with Crippen LogP contribution < -0.4 is 5.32 Å². The molecule has 1 saturated heterocycles. The molecule has 28 heavy (non-hydrogen) atoms. The number of likely N-dealkylation sites (tertiary alicyclic amines) is 1. The molecule has 1 aliphatic heterocycles. The van der Waals surface area contributed by atoms with E-state index in [0.29, 0.717) is 0 Å². The van der Waals surface area contributed by atoms with Gasteiger partial charge in [0.05, 0.1) is 6.04 Å². The van der Waals surface area contributed by atoms with Gasteiger partial charge in [-0.25, -0.2) is 0 Å². The average Bonchev–Trinajstić information content (AvgIpc) is 2.70. The fourth-order valence-corrected chi connectivity index (χ4v) is 4.00. The molecule has 1 aliphatic rings.